The lowest BCUT2D eigenvalue weighted by molar-refractivity contribution is 0.643. The van der Waals surface area contributed by atoms with Crippen LogP contribution in [0.3, 0.4) is 0 Å². The number of aliphatic imine (C=N–C) groups is 1. The van der Waals surface area contributed by atoms with Crippen molar-refractivity contribution in [3.8, 4) is 0 Å². The molecule has 4 heteroatoms. The molecule has 0 saturated carbocycles. The largest absolute Gasteiger partial charge is 0.370 e. The summed E-state index contributed by atoms with van der Waals surface area (Å²) >= 11 is 1.95. The van der Waals surface area contributed by atoms with Crippen molar-refractivity contribution in [1.82, 2.24) is 5.32 Å². The summed E-state index contributed by atoms with van der Waals surface area (Å²) in [4.78, 5) is 3.83. The van der Waals surface area contributed by atoms with E-state index in [1.54, 1.807) is 7.05 Å². The van der Waals surface area contributed by atoms with Crippen LogP contribution >= 0.6 is 11.8 Å². The highest BCUT2D eigenvalue weighted by molar-refractivity contribution is 7.99. The van der Waals surface area contributed by atoms with Gasteiger partial charge in [-0.05, 0) is 24.9 Å². The Hall–Kier alpha value is -0.380. The molecule has 0 radical (unpaired) electrons. The molecule has 0 aliphatic rings. The maximum Gasteiger partial charge on any atom is 0.188 e. The van der Waals surface area contributed by atoms with Gasteiger partial charge in [0.15, 0.2) is 5.96 Å². The van der Waals surface area contributed by atoms with Crippen LogP contribution < -0.4 is 11.1 Å². The molecule has 1 unspecified atom stereocenters. The molecule has 0 fully saturated rings. The molecule has 3 nitrogen and oxygen atoms in total. The summed E-state index contributed by atoms with van der Waals surface area (Å²) in [5.74, 6) is 2.90. The maximum absolute atomic E-state index is 5.51. The molecule has 0 aliphatic carbocycles. The molecule has 3 N–H and O–H groups in total. The van der Waals surface area contributed by atoms with Crippen LogP contribution in [0.4, 0.5) is 0 Å². The third-order valence-electron chi connectivity index (χ3n) is 1.53. The third-order valence-corrected chi connectivity index (χ3v) is 2.47. The van der Waals surface area contributed by atoms with Crippen LogP contribution in [0.25, 0.3) is 0 Å². The molecule has 1 atom stereocenters. The Morgan fingerprint density at radius 1 is 1.67 bits per heavy atom. The Kier molecular flexibility index (Phi) is 7.05. The molecule has 0 heterocycles. The van der Waals surface area contributed by atoms with Gasteiger partial charge in [0.2, 0.25) is 0 Å². The Balaban J connectivity index is 3.39. The molecule has 0 aliphatic heterocycles. The lowest BCUT2D eigenvalue weighted by Crippen LogP contribution is -2.38. The highest BCUT2D eigenvalue weighted by atomic mass is 32.2. The molecular formula is C8H19N3S. The Morgan fingerprint density at radius 3 is 2.83 bits per heavy atom. The van der Waals surface area contributed by atoms with E-state index in [1.807, 2.05) is 11.8 Å². The van der Waals surface area contributed by atoms with Crippen molar-refractivity contribution in [2.24, 2.45) is 10.7 Å². The lowest BCUT2D eigenvalue weighted by atomic mass is 10.3. The van der Waals surface area contributed by atoms with Crippen molar-refractivity contribution in [2.75, 3.05) is 18.6 Å². The fourth-order valence-corrected chi connectivity index (χ4v) is 1.60. The van der Waals surface area contributed by atoms with E-state index in [0.717, 1.165) is 6.42 Å². The zero-order valence-electron chi connectivity index (χ0n) is 8.13. The van der Waals surface area contributed by atoms with Gasteiger partial charge >= 0.3 is 0 Å². The minimum Gasteiger partial charge on any atom is -0.370 e. The molecule has 0 saturated heterocycles. The van der Waals surface area contributed by atoms with Crippen molar-refractivity contribution in [3.63, 3.8) is 0 Å². The number of nitrogens with zero attached hydrogens (tertiary/aromatic N) is 1. The number of nitrogens with two attached hydrogens (primary N) is 1. The van der Waals surface area contributed by atoms with Crippen LogP contribution in [0.5, 0.6) is 0 Å². The van der Waals surface area contributed by atoms with E-state index >= 15 is 0 Å². The summed E-state index contributed by atoms with van der Waals surface area (Å²) in [6, 6.07) is 0.424. The summed E-state index contributed by atoms with van der Waals surface area (Å²) in [6.45, 7) is 4.29. The fraction of sp³-hybridized carbons (Fsp3) is 0.875. The molecule has 12 heavy (non-hydrogen) atoms. The number of guanidine groups is 1. The molecule has 0 spiro atoms. The highest BCUT2D eigenvalue weighted by Gasteiger charge is 2.00. The van der Waals surface area contributed by atoms with Gasteiger partial charge in [-0.3, -0.25) is 4.99 Å². The first kappa shape index (κ1) is 11.6. The first-order valence-electron chi connectivity index (χ1n) is 4.27. The summed E-state index contributed by atoms with van der Waals surface area (Å²) in [7, 11) is 1.69. The van der Waals surface area contributed by atoms with E-state index in [2.05, 4.69) is 24.2 Å². The van der Waals surface area contributed by atoms with Crippen molar-refractivity contribution in [1.29, 1.82) is 0 Å². The molecule has 0 aromatic rings. The minimum absolute atomic E-state index is 0.424. The molecule has 0 rings (SSSR count). The number of nitrogens with one attached hydrogen (secondary N) is 1. The SMILES string of the molecule is CCSCCC(C)NC(N)=NC. The van der Waals surface area contributed by atoms with Gasteiger partial charge in [0.05, 0.1) is 0 Å². The van der Waals surface area contributed by atoms with Crippen molar-refractivity contribution < 1.29 is 0 Å². The average Bonchev–Trinajstić information content (AvgIpc) is 2.05. The predicted octanol–water partition coefficient (Wildman–Crippen LogP) is 1.05. The monoisotopic (exact) mass is 189 g/mol. The van der Waals surface area contributed by atoms with E-state index in [0.29, 0.717) is 12.0 Å². The molecule has 0 amide bonds. The second-order valence-corrected chi connectivity index (χ2v) is 4.03. The summed E-state index contributed by atoms with van der Waals surface area (Å²) in [6.07, 6.45) is 1.13. The highest BCUT2D eigenvalue weighted by Crippen LogP contribution is 2.03. The van der Waals surface area contributed by atoms with Gasteiger partial charge < -0.3 is 11.1 Å². The van der Waals surface area contributed by atoms with Gasteiger partial charge in [0, 0.05) is 13.1 Å². The predicted molar refractivity (Wildman–Crippen MR) is 57.8 cm³/mol. The van der Waals surface area contributed by atoms with Crippen LogP contribution in [0.1, 0.15) is 20.3 Å². The normalized spacial score (nSPS) is 14.4. The summed E-state index contributed by atoms with van der Waals surface area (Å²) in [5, 5.41) is 3.10. The molecule has 0 aromatic carbocycles. The van der Waals surface area contributed by atoms with Gasteiger partial charge in [0.25, 0.3) is 0 Å². The van der Waals surface area contributed by atoms with Gasteiger partial charge in [-0.1, -0.05) is 6.92 Å². The summed E-state index contributed by atoms with van der Waals surface area (Å²) in [5.41, 5.74) is 5.51. The number of hydrogen-bond donors (Lipinski definition) is 2. The van der Waals surface area contributed by atoms with Gasteiger partial charge in [-0.2, -0.15) is 11.8 Å². The fourth-order valence-electron chi connectivity index (χ4n) is 0.794. The quantitative estimate of drug-likeness (QED) is 0.386. The molecule has 72 valence electrons. The number of rotatable bonds is 5. The first-order chi connectivity index (χ1) is 5.70. The first-order valence-corrected chi connectivity index (χ1v) is 5.42. The second kappa shape index (κ2) is 7.28. The minimum atomic E-state index is 0.424. The van der Waals surface area contributed by atoms with Crippen molar-refractivity contribution in [2.45, 2.75) is 26.3 Å². The van der Waals surface area contributed by atoms with Crippen molar-refractivity contribution >= 4 is 17.7 Å². The van der Waals surface area contributed by atoms with E-state index in [4.69, 9.17) is 5.73 Å². The Morgan fingerprint density at radius 2 is 2.33 bits per heavy atom. The third kappa shape index (κ3) is 6.34. The zero-order chi connectivity index (χ0) is 9.40. The van der Waals surface area contributed by atoms with E-state index in [1.165, 1.54) is 11.5 Å². The van der Waals surface area contributed by atoms with Crippen LogP contribution in [-0.4, -0.2) is 30.6 Å². The molecule has 0 aromatic heterocycles. The van der Waals surface area contributed by atoms with Crippen LogP contribution in [0, 0.1) is 0 Å². The van der Waals surface area contributed by atoms with Crippen LogP contribution in [0.15, 0.2) is 4.99 Å². The van der Waals surface area contributed by atoms with Crippen LogP contribution in [0.2, 0.25) is 0 Å². The number of hydrogen-bond acceptors (Lipinski definition) is 2. The van der Waals surface area contributed by atoms with Gasteiger partial charge in [-0.15, -0.1) is 0 Å². The van der Waals surface area contributed by atoms with E-state index < -0.39 is 0 Å². The topological polar surface area (TPSA) is 50.4 Å². The standard InChI is InChI=1S/C8H19N3S/c1-4-12-6-5-7(2)11-8(9)10-3/h7H,4-6H2,1-3H3,(H3,9,10,11). The Bertz CT molecular complexity index is 136. The lowest BCUT2D eigenvalue weighted by Gasteiger charge is -2.13. The van der Waals surface area contributed by atoms with Gasteiger partial charge in [0.1, 0.15) is 0 Å². The summed E-state index contributed by atoms with van der Waals surface area (Å²) < 4.78 is 0. The number of thioether (sulfide) groups is 1. The smallest absolute Gasteiger partial charge is 0.188 e. The van der Waals surface area contributed by atoms with Gasteiger partial charge in [-0.25, -0.2) is 0 Å². The Labute approximate surface area is 79.2 Å². The van der Waals surface area contributed by atoms with E-state index in [-0.39, 0.29) is 0 Å². The average molecular weight is 189 g/mol. The molecule has 0 bridgehead atoms. The second-order valence-electron chi connectivity index (χ2n) is 2.64. The zero-order valence-corrected chi connectivity index (χ0v) is 8.95. The maximum atomic E-state index is 5.51. The van der Waals surface area contributed by atoms with Crippen LogP contribution in [-0.2, 0) is 0 Å². The molecular weight excluding hydrogens is 170 g/mol. The van der Waals surface area contributed by atoms with Crippen molar-refractivity contribution in [3.05, 3.63) is 0 Å². The van der Waals surface area contributed by atoms with E-state index in [9.17, 15) is 0 Å².